The Morgan fingerprint density at radius 1 is 1.33 bits per heavy atom. The van der Waals surface area contributed by atoms with Crippen LogP contribution in [0.5, 0.6) is 0 Å². The predicted octanol–water partition coefficient (Wildman–Crippen LogP) is 0.285. The van der Waals surface area contributed by atoms with Crippen LogP contribution in [0.1, 0.15) is 19.8 Å². The maximum Gasteiger partial charge on any atom is 0.326 e. The molecule has 0 rings (SSSR count). The van der Waals surface area contributed by atoms with Crippen LogP contribution in [-0.4, -0.2) is 56.0 Å². The molecule has 0 bridgehead atoms. The number of ether oxygens (including phenoxy) is 2. The van der Waals surface area contributed by atoms with E-state index in [4.69, 9.17) is 9.84 Å². The molecule has 0 aromatic carbocycles. The molecule has 0 saturated heterocycles. The summed E-state index contributed by atoms with van der Waals surface area (Å²) in [6, 6.07) is -1.79. The van der Waals surface area contributed by atoms with Gasteiger partial charge in [0.1, 0.15) is 6.04 Å². The number of rotatable bonds is 10. The first-order chi connectivity index (χ1) is 9.86. The van der Waals surface area contributed by atoms with E-state index in [-0.39, 0.29) is 19.4 Å². The van der Waals surface area contributed by atoms with Crippen LogP contribution in [0.25, 0.3) is 0 Å². The number of esters is 1. The van der Waals surface area contributed by atoms with Crippen LogP contribution in [-0.2, 0) is 19.1 Å². The van der Waals surface area contributed by atoms with Crippen molar-refractivity contribution in [2.24, 2.45) is 0 Å². The van der Waals surface area contributed by atoms with Crippen molar-refractivity contribution in [1.29, 1.82) is 0 Å². The average Bonchev–Trinajstić information content (AvgIpc) is 2.41. The molecule has 0 radical (unpaired) electrons. The Kier molecular flexibility index (Phi) is 9.61. The van der Waals surface area contributed by atoms with Crippen LogP contribution in [0.2, 0.25) is 0 Å². The fourth-order valence-corrected chi connectivity index (χ4v) is 1.31. The first-order valence-corrected chi connectivity index (χ1v) is 6.43. The second-order valence-corrected chi connectivity index (χ2v) is 4.42. The molecule has 1 atom stereocenters. The quantitative estimate of drug-likeness (QED) is 0.303. The van der Waals surface area contributed by atoms with Gasteiger partial charge in [-0.15, -0.1) is 0 Å². The van der Waals surface area contributed by atoms with Crippen molar-refractivity contribution in [3.8, 4) is 0 Å². The number of amides is 2. The highest BCUT2D eigenvalue weighted by Crippen LogP contribution is 1.99. The third kappa shape index (κ3) is 10.4. The minimum atomic E-state index is -1.22. The Bertz CT molecular complexity index is 383. The van der Waals surface area contributed by atoms with E-state index in [0.29, 0.717) is 13.2 Å². The Morgan fingerprint density at radius 2 is 2.00 bits per heavy atom. The van der Waals surface area contributed by atoms with Crippen LogP contribution in [0.15, 0.2) is 12.2 Å². The van der Waals surface area contributed by atoms with Crippen molar-refractivity contribution >= 4 is 18.0 Å². The van der Waals surface area contributed by atoms with Gasteiger partial charge < -0.3 is 25.2 Å². The number of methoxy groups -OCH3 is 1. The van der Waals surface area contributed by atoms with E-state index in [1.165, 1.54) is 7.11 Å². The minimum absolute atomic E-state index is 0.0401. The zero-order chi connectivity index (χ0) is 16.3. The molecule has 0 unspecified atom stereocenters. The van der Waals surface area contributed by atoms with E-state index < -0.39 is 24.0 Å². The van der Waals surface area contributed by atoms with Gasteiger partial charge in [-0.05, 0) is 13.3 Å². The number of carboxylic acid groups (broad SMARTS) is 1. The summed E-state index contributed by atoms with van der Waals surface area (Å²) in [6.07, 6.45) is -0.128. The fraction of sp³-hybridized carbons (Fsp3) is 0.615. The van der Waals surface area contributed by atoms with Gasteiger partial charge in [0.25, 0.3) is 0 Å². The molecule has 120 valence electrons. The third-order valence-corrected chi connectivity index (χ3v) is 2.35. The molecule has 2 amide bonds. The molecule has 0 spiro atoms. The molecule has 3 N–H and O–H groups in total. The number of hydrogen-bond donors (Lipinski definition) is 3. The van der Waals surface area contributed by atoms with Gasteiger partial charge in [0.15, 0.2) is 0 Å². The maximum atomic E-state index is 11.5. The first-order valence-electron chi connectivity index (χ1n) is 6.43. The molecule has 21 heavy (non-hydrogen) atoms. The number of carbonyl (C=O) groups excluding carboxylic acids is 2. The lowest BCUT2D eigenvalue weighted by molar-refractivity contribution is -0.142. The second kappa shape index (κ2) is 10.7. The molecular weight excluding hydrogens is 280 g/mol. The summed E-state index contributed by atoms with van der Waals surface area (Å²) in [5, 5.41) is 13.7. The lowest BCUT2D eigenvalue weighted by Crippen LogP contribution is -2.46. The molecular formula is C13H22N2O6. The molecule has 8 nitrogen and oxygen atoms in total. The summed E-state index contributed by atoms with van der Waals surface area (Å²) in [4.78, 5) is 33.4. The number of hydrogen-bond acceptors (Lipinski definition) is 5. The summed E-state index contributed by atoms with van der Waals surface area (Å²) in [5.41, 5.74) is 0.869. The topological polar surface area (TPSA) is 114 Å². The van der Waals surface area contributed by atoms with Gasteiger partial charge in [0.05, 0.1) is 20.3 Å². The Morgan fingerprint density at radius 3 is 2.52 bits per heavy atom. The van der Waals surface area contributed by atoms with Crippen LogP contribution in [0, 0.1) is 0 Å². The van der Waals surface area contributed by atoms with Gasteiger partial charge in [0, 0.05) is 13.0 Å². The number of carboxylic acids is 1. The van der Waals surface area contributed by atoms with Gasteiger partial charge in [0.2, 0.25) is 0 Å². The van der Waals surface area contributed by atoms with E-state index in [9.17, 15) is 14.4 Å². The van der Waals surface area contributed by atoms with Crippen LogP contribution in [0.3, 0.4) is 0 Å². The molecule has 0 aromatic rings. The number of aliphatic carboxylic acids is 1. The highest BCUT2D eigenvalue weighted by atomic mass is 16.5. The van der Waals surface area contributed by atoms with Gasteiger partial charge in [-0.1, -0.05) is 12.2 Å². The lowest BCUT2D eigenvalue weighted by Gasteiger charge is -2.14. The van der Waals surface area contributed by atoms with Gasteiger partial charge in [-0.3, -0.25) is 4.79 Å². The van der Waals surface area contributed by atoms with Crippen molar-refractivity contribution in [3.63, 3.8) is 0 Å². The molecule has 0 heterocycles. The summed E-state index contributed by atoms with van der Waals surface area (Å²) >= 11 is 0. The van der Waals surface area contributed by atoms with Crippen molar-refractivity contribution < 1.29 is 29.0 Å². The van der Waals surface area contributed by atoms with E-state index in [1.54, 1.807) is 0 Å². The zero-order valence-electron chi connectivity index (χ0n) is 12.3. The van der Waals surface area contributed by atoms with E-state index in [1.807, 2.05) is 6.92 Å². The highest BCUT2D eigenvalue weighted by Gasteiger charge is 2.20. The van der Waals surface area contributed by atoms with E-state index in [0.717, 1.165) is 5.57 Å². The average molecular weight is 302 g/mol. The van der Waals surface area contributed by atoms with Crippen molar-refractivity contribution in [2.75, 3.05) is 26.9 Å². The summed E-state index contributed by atoms with van der Waals surface area (Å²) < 4.78 is 9.58. The summed E-state index contributed by atoms with van der Waals surface area (Å²) in [6.45, 7) is 6.41. The van der Waals surface area contributed by atoms with Gasteiger partial charge in [-0.25, -0.2) is 9.59 Å². The van der Waals surface area contributed by atoms with Crippen molar-refractivity contribution in [2.45, 2.75) is 25.8 Å². The standard InChI is InChI=1S/C13H22N2O6/c1-9(2)8-21-7-6-14-13(19)15-10(12(17)18)4-5-11(16)20-3/h10H,1,4-8H2,2-3H3,(H,17,18)(H2,14,15,19)/t10-/m1/s1. The Hall–Kier alpha value is -2.09. The molecule has 0 aliphatic carbocycles. The van der Waals surface area contributed by atoms with Crippen LogP contribution < -0.4 is 10.6 Å². The first kappa shape index (κ1) is 18.9. The second-order valence-electron chi connectivity index (χ2n) is 4.42. The monoisotopic (exact) mass is 302 g/mol. The zero-order valence-corrected chi connectivity index (χ0v) is 12.3. The molecule has 0 aliphatic heterocycles. The fourth-order valence-electron chi connectivity index (χ4n) is 1.31. The predicted molar refractivity (Wildman–Crippen MR) is 74.8 cm³/mol. The molecule has 0 aliphatic rings. The number of urea groups is 1. The minimum Gasteiger partial charge on any atom is -0.480 e. The molecule has 8 heteroatoms. The Balaban J connectivity index is 3.98. The third-order valence-electron chi connectivity index (χ3n) is 2.35. The number of carbonyl (C=O) groups is 3. The molecule has 0 fully saturated rings. The Labute approximate surface area is 123 Å². The van der Waals surface area contributed by atoms with Crippen LogP contribution in [0.4, 0.5) is 4.79 Å². The van der Waals surface area contributed by atoms with Gasteiger partial charge >= 0.3 is 18.0 Å². The SMILES string of the molecule is C=C(C)COCCNC(=O)N[C@H](CCC(=O)OC)C(=O)O. The van der Waals surface area contributed by atoms with E-state index in [2.05, 4.69) is 21.9 Å². The van der Waals surface area contributed by atoms with Crippen molar-refractivity contribution in [1.82, 2.24) is 10.6 Å². The normalized spacial score (nSPS) is 11.3. The molecule has 0 aromatic heterocycles. The van der Waals surface area contributed by atoms with Crippen molar-refractivity contribution in [3.05, 3.63) is 12.2 Å². The van der Waals surface area contributed by atoms with Gasteiger partial charge in [-0.2, -0.15) is 0 Å². The lowest BCUT2D eigenvalue weighted by atomic mass is 10.1. The van der Waals surface area contributed by atoms with E-state index >= 15 is 0 Å². The highest BCUT2D eigenvalue weighted by molar-refractivity contribution is 5.83. The smallest absolute Gasteiger partial charge is 0.326 e. The maximum absolute atomic E-state index is 11.5. The molecule has 0 saturated carbocycles. The number of nitrogens with one attached hydrogen (secondary N) is 2. The summed E-state index contributed by atoms with van der Waals surface area (Å²) in [7, 11) is 1.21. The van der Waals surface area contributed by atoms with Crippen LogP contribution >= 0.6 is 0 Å². The summed E-state index contributed by atoms with van der Waals surface area (Å²) in [5.74, 6) is -1.75. The largest absolute Gasteiger partial charge is 0.480 e.